The van der Waals surface area contributed by atoms with Gasteiger partial charge in [-0.25, -0.2) is 9.59 Å². The van der Waals surface area contributed by atoms with Gasteiger partial charge >= 0.3 is 5.97 Å². The molecule has 0 aromatic rings. The highest BCUT2D eigenvalue weighted by molar-refractivity contribution is 5.92. The van der Waals surface area contributed by atoms with Gasteiger partial charge in [0.05, 0.1) is 0 Å². The van der Waals surface area contributed by atoms with E-state index in [1.807, 2.05) is 0 Å². The van der Waals surface area contributed by atoms with Crippen LogP contribution in [0, 0.1) is 0 Å². The monoisotopic (exact) mass is 102 g/mol. The van der Waals surface area contributed by atoms with Gasteiger partial charge in [0.1, 0.15) is 0 Å². The Labute approximate surface area is 38.7 Å². The van der Waals surface area contributed by atoms with Crippen molar-refractivity contribution >= 4 is 11.9 Å². The molecule has 0 aliphatic heterocycles. The number of aliphatic hydroxyl groups is 1. The molecule has 0 aliphatic rings. The molecule has 4 nitrogen and oxygen atoms in total. The minimum absolute atomic E-state index is 0.787. The Morgan fingerprint density at radius 2 is 1.86 bits per heavy atom. The third kappa shape index (κ3) is 1.57. The maximum absolute atomic E-state index is 9.38. The number of carboxylic acid groups (broad SMARTS) is 1. The third-order valence-electron chi connectivity index (χ3n) is 0.299. The summed E-state index contributed by atoms with van der Waals surface area (Å²) in [6, 6.07) is 0. The van der Waals surface area contributed by atoms with E-state index in [2.05, 4.69) is 0 Å². The first-order chi connectivity index (χ1) is 3.18. The first kappa shape index (κ1) is 5.72. The number of carbonyl (C=O) groups is 1. The van der Waals surface area contributed by atoms with Gasteiger partial charge in [-0.2, -0.15) is 0 Å². The van der Waals surface area contributed by atoms with E-state index >= 15 is 0 Å². The molecule has 0 rings (SSSR count). The molecule has 0 saturated heterocycles. The normalized spacial score (nSPS) is 6.86. The van der Waals surface area contributed by atoms with Crippen molar-refractivity contribution in [2.75, 3.05) is 0 Å². The maximum Gasteiger partial charge on any atom is 0.383 e. The average Bonchev–Trinajstić information content (AvgIpc) is 1.65. The number of carboxylic acids is 1. The molecule has 0 fully saturated rings. The number of rotatable bonds is 1. The van der Waals surface area contributed by atoms with Gasteiger partial charge in [0, 0.05) is 0 Å². The summed E-state index contributed by atoms with van der Waals surface area (Å²) >= 11 is 0. The van der Waals surface area contributed by atoms with Crippen molar-refractivity contribution in [2.24, 2.45) is 0 Å². The van der Waals surface area contributed by atoms with Crippen LogP contribution in [-0.2, 0) is 9.59 Å². The smallest absolute Gasteiger partial charge is 0.383 e. The van der Waals surface area contributed by atoms with Crippen LogP contribution in [0.5, 0.6) is 0 Å². The zero-order chi connectivity index (χ0) is 5.86. The second-order valence-electron chi connectivity index (χ2n) is 0.756. The lowest BCUT2D eigenvalue weighted by molar-refractivity contribution is -0.135. The van der Waals surface area contributed by atoms with Gasteiger partial charge in [-0.1, -0.05) is 0 Å². The Bertz CT molecular complexity index is 130. The van der Waals surface area contributed by atoms with Crippen molar-refractivity contribution < 1.29 is 19.8 Å². The van der Waals surface area contributed by atoms with Crippen molar-refractivity contribution in [1.29, 1.82) is 0 Å². The highest BCUT2D eigenvalue weighted by atomic mass is 16.4. The highest BCUT2D eigenvalue weighted by Crippen LogP contribution is 1.74. The summed E-state index contributed by atoms with van der Waals surface area (Å²) in [7, 11) is 0. The fourth-order valence-corrected chi connectivity index (χ4v) is 0.0437. The summed E-state index contributed by atoms with van der Waals surface area (Å²) in [5.74, 6) is -2.16. The first-order valence-corrected chi connectivity index (χ1v) is 1.36. The number of aliphatic hydroxyl groups excluding tert-OH is 1. The molecule has 0 amide bonds. The molecule has 7 heavy (non-hydrogen) atoms. The molecule has 38 valence electrons. The zero-order valence-corrected chi connectivity index (χ0v) is 3.21. The SMILES string of the molecule is O=C=C(O)C(=O)O. The van der Waals surface area contributed by atoms with Crippen LogP contribution in [0.4, 0.5) is 0 Å². The molecule has 0 aromatic heterocycles. The van der Waals surface area contributed by atoms with Gasteiger partial charge in [-0.15, -0.1) is 0 Å². The summed E-state index contributed by atoms with van der Waals surface area (Å²) in [6.45, 7) is 0. The van der Waals surface area contributed by atoms with E-state index in [0.29, 0.717) is 0 Å². The molecule has 0 bridgehead atoms. The fraction of sp³-hybridized carbons (Fsp3) is 0. The molecule has 0 unspecified atom stereocenters. The standard InChI is InChI=1S/C3H2O4/c4-1-2(5)3(6)7/h5H,(H,6,7). The van der Waals surface area contributed by atoms with Crippen LogP contribution in [0.3, 0.4) is 0 Å². The lowest BCUT2D eigenvalue weighted by atomic mass is 10.6. The van der Waals surface area contributed by atoms with Crippen LogP contribution < -0.4 is 0 Å². The van der Waals surface area contributed by atoms with E-state index in [4.69, 9.17) is 15.0 Å². The number of hydrogen-bond donors (Lipinski definition) is 2. The van der Waals surface area contributed by atoms with E-state index in [0.717, 1.165) is 5.94 Å². The van der Waals surface area contributed by atoms with Crippen molar-refractivity contribution in [3.63, 3.8) is 0 Å². The minimum atomic E-state index is -1.66. The fourth-order valence-electron chi connectivity index (χ4n) is 0.0437. The largest absolute Gasteiger partial charge is 0.494 e. The maximum atomic E-state index is 9.38. The molecular weight excluding hydrogens is 100 g/mol. The Morgan fingerprint density at radius 1 is 1.43 bits per heavy atom. The zero-order valence-electron chi connectivity index (χ0n) is 3.21. The van der Waals surface area contributed by atoms with Gasteiger partial charge in [-0.3, -0.25) is 0 Å². The second kappa shape index (κ2) is 2.00. The molecular formula is C3H2O4. The van der Waals surface area contributed by atoms with Crippen LogP contribution in [-0.4, -0.2) is 22.1 Å². The van der Waals surface area contributed by atoms with E-state index in [1.165, 1.54) is 0 Å². The van der Waals surface area contributed by atoms with Crippen LogP contribution >= 0.6 is 0 Å². The predicted octanol–water partition coefficient (Wildman–Crippen LogP) is -0.655. The average molecular weight is 102 g/mol. The van der Waals surface area contributed by atoms with Gasteiger partial charge in [0.15, 0.2) is 5.94 Å². The van der Waals surface area contributed by atoms with Gasteiger partial charge in [0.2, 0.25) is 0 Å². The van der Waals surface area contributed by atoms with Crippen LogP contribution in [0.1, 0.15) is 0 Å². The number of carbonyl (C=O) groups excluding carboxylic acids is 1. The minimum Gasteiger partial charge on any atom is -0.494 e. The summed E-state index contributed by atoms with van der Waals surface area (Å²) in [5.41, 5.74) is 0. The van der Waals surface area contributed by atoms with E-state index in [9.17, 15) is 4.79 Å². The van der Waals surface area contributed by atoms with E-state index in [1.54, 1.807) is 0 Å². The van der Waals surface area contributed by atoms with Crippen LogP contribution in [0.2, 0.25) is 0 Å². The van der Waals surface area contributed by atoms with Gasteiger partial charge in [0.25, 0.3) is 5.76 Å². The molecule has 0 heterocycles. The second-order valence-corrected chi connectivity index (χ2v) is 0.756. The van der Waals surface area contributed by atoms with Crippen molar-refractivity contribution in [2.45, 2.75) is 0 Å². The summed E-state index contributed by atoms with van der Waals surface area (Å²) in [6.07, 6.45) is 0. The topological polar surface area (TPSA) is 74.6 Å². The van der Waals surface area contributed by atoms with Crippen LogP contribution in [0.25, 0.3) is 0 Å². The highest BCUT2D eigenvalue weighted by Gasteiger charge is 2.01. The van der Waals surface area contributed by atoms with Crippen LogP contribution in [0.15, 0.2) is 5.76 Å². The molecule has 2 N–H and O–H groups in total. The summed E-state index contributed by atoms with van der Waals surface area (Å²) in [4.78, 5) is 18.5. The third-order valence-corrected chi connectivity index (χ3v) is 0.299. The van der Waals surface area contributed by atoms with E-state index in [-0.39, 0.29) is 0 Å². The molecule has 4 heteroatoms. The number of aliphatic carboxylic acids is 1. The molecule has 0 saturated carbocycles. The summed E-state index contributed by atoms with van der Waals surface area (Å²) in [5, 5.41) is 15.5. The Kier molecular flexibility index (Phi) is 1.63. The van der Waals surface area contributed by atoms with Crippen molar-refractivity contribution in [3.05, 3.63) is 5.76 Å². The lowest BCUT2D eigenvalue weighted by Crippen LogP contribution is -1.98. The molecule has 0 spiro atoms. The molecule has 0 aromatic carbocycles. The molecule has 0 radical (unpaired) electrons. The quantitative estimate of drug-likeness (QED) is 0.262. The first-order valence-electron chi connectivity index (χ1n) is 1.36. The van der Waals surface area contributed by atoms with Gasteiger partial charge in [-0.05, 0) is 0 Å². The van der Waals surface area contributed by atoms with Gasteiger partial charge < -0.3 is 10.2 Å². The summed E-state index contributed by atoms with van der Waals surface area (Å²) < 4.78 is 0. The Balaban J connectivity index is 4.10. The number of hydrogen-bond acceptors (Lipinski definition) is 3. The Morgan fingerprint density at radius 3 is 1.86 bits per heavy atom. The van der Waals surface area contributed by atoms with Crippen molar-refractivity contribution in [1.82, 2.24) is 0 Å². The molecule has 0 atom stereocenters. The lowest BCUT2D eigenvalue weighted by Gasteiger charge is -1.76. The van der Waals surface area contributed by atoms with E-state index < -0.39 is 11.7 Å². The predicted molar refractivity (Wildman–Crippen MR) is 19.5 cm³/mol. The molecule has 0 aliphatic carbocycles. The Hall–Kier alpha value is -1.28. The van der Waals surface area contributed by atoms with Crippen molar-refractivity contribution in [3.8, 4) is 0 Å².